The minimum Gasteiger partial charge on any atom is -0.343 e. The van der Waals surface area contributed by atoms with Crippen molar-refractivity contribution in [3.8, 4) is 0 Å². The van der Waals surface area contributed by atoms with Crippen molar-refractivity contribution in [3.05, 3.63) is 11.3 Å². The Morgan fingerprint density at radius 3 is 2.17 bits per heavy atom. The van der Waals surface area contributed by atoms with Gasteiger partial charge in [-0.05, 0) is 17.9 Å². The summed E-state index contributed by atoms with van der Waals surface area (Å²) in [7, 11) is -1.51. The van der Waals surface area contributed by atoms with Crippen LogP contribution in [0.2, 0.25) is 18.1 Å². The van der Waals surface area contributed by atoms with E-state index in [0.717, 1.165) is 18.4 Å². The lowest BCUT2D eigenvalue weighted by molar-refractivity contribution is -0.126. The van der Waals surface area contributed by atoms with Gasteiger partial charge in [-0.2, -0.15) is 0 Å². The summed E-state index contributed by atoms with van der Waals surface area (Å²) in [6, 6.07) is 0. The number of hydrogen-bond donors (Lipinski definition) is 1. The van der Waals surface area contributed by atoms with E-state index in [4.69, 9.17) is 0 Å². The zero-order chi connectivity index (χ0) is 13.6. The molecule has 1 amide bonds. The van der Waals surface area contributed by atoms with Crippen LogP contribution in [0.25, 0.3) is 0 Å². The quantitative estimate of drug-likeness (QED) is 0.436. The maximum absolute atomic E-state index is 12.0. The highest BCUT2D eigenvalue weighted by Gasteiger charge is 2.50. The van der Waals surface area contributed by atoms with Crippen molar-refractivity contribution in [1.82, 2.24) is 5.32 Å². The van der Waals surface area contributed by atoms with E-state index in [1.165, 1.54) is 19.3 Å². The minimum atomic E-state index is -1.51. The average molecular weight is 265 g/mol. The van der Waals surface area contributed by atoms with Crippen molar-refractivity contribution in [2.45, 2.75) is 76.5 Å². The van der Waals surface area contributed by atoms with Crippen LogP contribution in [0.1, 0.15) is 52.9 Å². The van der Waals surface area contributed by atoms with Crippen LogP contribution >= 0.6 is 0 Å². The van der Waals surface area contributed by atoms with Crippen LogP contribution in [0.4, 0.5) is 0 Å². The molecule has 0 aromatic rings. The van der Waals surface area contributed by atoms with Gasteiger partial charge < -0.3 is 5.32 Å². The summed E-state index contributed by atoms with van der Waals surface area (Å²) in [5.41, 5.74) is 3.57. The van der Waals surface area contributed by atoms with Crippen molar-refractivity contribution < 1.29 is 4.79 Å². The molecule has 0 bridgehead atoms. The third kappa shape index (κ3) is 2.17. The summed E-state index contributed by atoms with van der Waals surface area (Å²) in [4.78, 5) is 12.0. The van der Waals surface area contributed by atoms with Crippen LogP contribution < -0.4 is 5.32 Å². The molecule has 2 rings (SSSR count). The molecule has 1 heterocycles. The normalized spacial score (nSPS) is 26.1. The molecule has 1 aliphatic carbocycles. The highest BCUT2D eigenvalue weighted by atomic mass is 28.3. The Bertz CT molecular complexity index is 384. The zero-order valence-electron chi connectivity index (χ0n) is 12.5. The summed E-state index contributed by atoms with van der Waals surface area (Å²) in [5, 5.41) is 3.51. The van der Waals surface area contributed by atoms with Crippen molar-refractivity contribution in [2.75, 3.05) is 0 Å². The molecular weight excluding hydrogens is 238 g/mol. The lowest BCUT2D eigenvalue weighted by atomic mass is 9.71. The van der Waals surface area contributed by atoms with E-state index >= 15 is 0 Å². The first-order valence-electron chi connectivity index (χ1n) is 7.24. The van der Waals surface area contributed by atoms with E-state index in [1.54, 1.807) is 0 Å². The summed E-state index contributed by atoms with van der Waals surface area (Å²) in [5.74, 6) is 0.196. The van der Waals surface area contributed by atoms with Gasteiger partial charge in [-0.15, -0.1) is 0 Å². The molecule has 2 aliphatic rings. The van der Waals surface area contributed by atoms with Gasteiger partial charge in [0.2, 0.25) is 5.91 Å². The lowest BCUT2D eigenvalue weighted by Gasteiger charge is -2.49. The van der Waals surface area contributed by atoms with Gasteiger partial charge in [0.15, 0.2) is 0 Å². The molecule has 0 aromatic heterocycles. The van der Waals surface area contributed by atoms with Gasteiger partial charge in [0.05, 0.1) is 13.6 Å². The fourth-order valence-corrected chi connectivity index (χ4v) is 4.40. The Morgan fingerprint density at radius 2 is 1.72 bits per heavy atom. The van der Waals surface area contributed by atoms with E-state index in [1.807, 2.05) is 0 Å². The molecule has 3 heteroatoms. The molecule has 1 saturated carbocycles. The van der Waals surface area contributed by atoms with Crippen LogP contribution in [0.15, 0.2) is 11.3 Å². The van der Waals surface area contributed by atoms with E-state index < -0.39 is 8.07 Å². The maximum Gasteiger partial charge on any atom is 0.249 e. The molecule has 1 N–H and O–H groups in total. The second-order valence-corrected chi connectivity index (χ2v) is 12.9. The van der Waals surface area contributed by atoms with Crippen LogP contribution in [0.5, 0.6) is 0 Å². The van der Waals surface area contributed by atoms with Crippen molar-refractivity contribution >= 4 is 14.0 Å². The second kappa shape index (κ2) is 4.22. The van der Waals surface area contributed by atoms with E-state index in [0.29, 0.717) is 5.04 Å². The summed E-state index contributed by atoms with van der Waals surface area (Å²) < 4.78 is 0. The third-order valence-electron chi connectivity index (χ3n) is 5.26. The highest BCUT2D eigenvalue weighted by molar-refractivity contribution is 6.85. The van der Waals surface area contributed by atoms with Crippen molar-refractivity contribution in [1.29, 1.82) is 0 Å². The molecule has 0 atom stereocenters. The number of carbonyl (C=O) groups excluding carboxylic acids is 1. The molecule has 2 nitrogen and oxygen atoms in total. The van der Waals surface area contributed by atoms with Gasteiger partial charge >= 0.3 is 0 Å². The molecule has 0 unspecified atom stereocenters. The molecule has 2 fully saturated rings. The first kappa shape index (κ1) is 13.8. The molecule has 18 heavy (non-hydrogen) atoms. The fraction of sp³-hybridized carbons (Fsp3) is 0.800. The van der Waals surface area contributed by atoms with Gasteiger partial charge in [0, 0.05) is 5.57 Å². The van der Waals surface area contributed by atoms with Gasteiger partial charge in [-0.1, -0.05) is 58.8 Å². The second-order valence-electron chi connectivity index (χ2n) is 7.63. The SMILES string of the molecule is CC(C)(C)[Si](C)(C)C=C1C(=O)NC12CCCCC2. The average Bonchev–Trinajstić information content (AvgIpc) is 2.26. The number of nitrogens with one attached hydrogen (secondary N) is 1. The van der Waals surface area contributed by atoms with Crippen molar-refractivity contribution in [2.24, 2.45) is 0 Å². The van der Waals surface area contributed by atoms with E-state index in [-0.39, 0.29) is 11.4 Å². The maximum atomic E-state index is 12.0. The number of rotatable bonds is 1. The van der Waals surface area contributed by atoms with Gasteiger partial charge in [-0.3, -0.25) is 4.79 Å². The van der Waals surface area contributed by atoms with Crippen LogP contribution in [-0.2, 0) is 4.79 Å². The Kier molecular flexibility index (Phi) is 3.25. The molecule has 1 saturated heterocycles. The van der Waals surface area contributed by atoms with Crippen LogP contribution in [-0.4, -0.2) is 19.5 Å². The molecule has 1 spiro atoms. The van der Waals surface area contributed by atoms with Gasteiger partial charge in [-0.25, -0.2) is 0 Å². The number of carbonyl (C=O) groups is 1. The van der Waals surface area contributed by atoms with Crippen LogP contribution in [0.3, 0.4) is 0 Å². The first-order valence-corrected chi connectivity index (χ1v) is 10.3. The monoisotopic (exact) mass is 265 g/mol. The van der Waals surface area contributed by atoms with Gasteiger partial charge in [0.25, 0.3) is 0 Å². The Balaban J connectivity index is 2.28. The predicted molar refractivity (Wildman–Crippen MR) is 79.2 cm³/mol. The summed E-state index contributed by atoms with van der Waals surface area (Å²) in [6.07, 6.45) is 6.15. The largest absolute Gasteiger partial charge is 0.343 e. The number of β-lactam (4-membered cyclic amide) rings is 1. The van der Waals surface area contributed by atoms with E-state index in [9.17, 15) is 4.79 Å². The standard InChI is InChI=1S/C15H27NOSi/c1-14(2,3)18(4,5)11-12-13(17)16-15(12)9-7-6-8-10-15/h11H,6-10H2,1-5H3,(H,16,17). The molecule has 0 aromatic carbocycles. The molecule has 102 valence electrons. The first-order chi connectivity index (χ1) is 8.18. The predicted octanol–water partition coefficient (Wildman–Crippen LogP) is 3.79. The molecule has 1 aliphatic heterocycles. The van der Waals surface area contributed by atoms with E-state index in [2.05, 4.69) is 44.9 Å². The fourth-order valence-electron chi connectivity index (χ4n) is 2.84. The lowest BCUT2D eigenvalue weighted by Crippen LogP contribution is -2.65. The van der Waals surface area contributed by atoms with Crippen LogP contribution in [0, 0.1) is 0 Å². The highest BCUT2D eigenvalue weighted by Crippen LogP contribution is 2.44. The Hall–Kier alpha value is -0.573. The number of amides is 1. The smallest absolute Gasteiger partial charge is 0.249 e. The Labute approximate surface area is 112 Å². The summed E-state index contributed by atoms with van der Waals surface area (Å²) in [6.45, 7) is 11.7. The molecular formula is C15H27NOSi. The summed E-state index contributed by atoms with van der Waals surface area (Å²) >= 11 is 0. The molecule has 0 radical (unpaired) electrons. The Morgan fingerprint density at radius 1 is 1.17 bits per heavy atom. The number of hydrogen-bond acceptors (Lipinski definition) is 1. The van der Waals surface area contributed by atoms with Gasteiger partial charge in [0.1, 0.15) is 0 Å². The van der Waals surface area contributed by atoms with Crippen molar-refractivity contribution in [3.63, 3.8) is 0 Å². The zero-order valence-corrected chi connectivity index (χ0v) is 13.5. The topological polar surface area (TPSA) is 29.1 Å². The third-order valence-corrected chi connectivity index (χ3v) is 10.1. The minimum absolute atomic E-state index is 0.0604.